The number of imidazole rings is 1. The Labute approximate surface area is 148 Å². The van der Waals surface area contributed by atoms with Gasteiger partial charge in [-0.15, -0.1) is 0 Å². The predicted octanol–water partition coefficient (Wildman–Crippen LogP) is 4.15. The summed E-state index contributed by atoms with van der Waals surface area (Å²) in [5.74, 6) is 0.786. The minimum absolute atomic E-state index is 0.285. The topological polar surface area (TPSA) is 68.2 Å². The Morgan fingerprint density at radius 3 is 2.73 bits per heavy atom. The van der Waals surface area contributed by atoms with Crippen LogP contribution in [0.5, 0.6) is 0 Å². The molecule has 5 rings (SSSR count). The average Bonchev–Trinajstić information content (AvgIpc) is 3.20. The van der Waals surface area contributed by atoms with Crippen molar-refractivity contribution >= 4 is 11.8 Å². The first kappa shape index (κ1) is 15.1. The SMILES string of the molecule is Fc1ccc(-c2nc3occn3c2-c2ccnc(NC3CCC3)n2)cc1. The highest BCUT2D eigenvalue weighted by atomic mass is 19.1. The maximum atomic E-state index is 13.3. The zero-order chi connectivity index (χ0) is 17.5. The first-order chi connectivity index (χ1) is 12.8. The summed E-state index contributed by atoms with van der Waals surface area (Å²) >= 11 is 0. The van der Waals surface area contributed by atoms with E-state index in [1.165, 1.54) is 18.6 Å². The molecule has 26 heavy (non-hydrogen) atoms. The van der Waals surface area contributed by atoms with Gasteiger partial charge in [0, 0.05) is 24.0 Å². The molecule has 130 valence electrons. The number of nitrogens with zero attached hydrogens (tertiary/aromatic N) is 4. The van der Waals surface area contributed by atoms with E-state index in [0.717, 1.165) is 29.8 Å². The minimum atomic E-state index is -0.285. The molecular weight excluding hydrogens is 333 g/mol. The van der Waals surface area contributed by atoms with Crippen molar-refractivity contribution in [3.63, 3.8) is 0 Å². The molecule has 3 aromatic heterocycles. The van der Waals surface area contributed by atoms with Crippen LogP contribution in [0, 0.1) is 5.82 Å². The van der Waals surface area contributed by atoms with Crippen molar-refractivity contribution in [3.8, 4) is 22.6 Å². The predicted molar refractivity (Wildman–Crippen MR) is 95.1 cm³/mol. The Kier molecular flexibility index (Phi) is 3.44. The lowest BCUT2D eigenvalue weighted by Gasteiger charge is -2.26. The highest BCUT2D eigenvalue weighted by Gasteiger charge is 2.21. The Bertz CT molecular complexity index is 1070. The van der Waals surface area contributed by atoms with Crippen LogP contribution in [-0.2, 0) is 0 Å². The summed E-state index contributed by atoms with van der Waals surface area (Å²) in [5.41, 5.74) is 3.01. The summed E-state index contributed by atoms with van der Waals surface area (Å²) in [5, 5.41) is 3.36. The molecule has 0 radical (unpaired) electrons. The fraction of sp³-hybridized carbons (Fsp3) is 0.211. The van der Waals surface area contributed by atoms with E-state index in [9.17, 15) is 4.39 Å². The second kappa shape index (κ2) is 5.94. The third kappa shape index (κ3) is 2.52. The molecule has 1 N–H and O–H groups in total. The van der Waals surface area contributed by atoms with Crippen molar-refractivity contribution in [3.05, 3.63) is 54.8 Å². The molecule has 7 heteroatoms. The molecule has 0 bridgehead atoms. The molecule has 4 aromatic rings. The number of anilines is 1. The lowest BCUT2D eigenvalue weighted by atomic mass is 9.93. The van der Waals surface area contributed by atoms with Crippen LogP contribution in [-0.4, -0.2) is 25.4 Å². The van der Waals surface area contributed by atoms with Gasteiger partial charge in [0.25, 0.3) is 0 Å². The van der Waals surface area contributed by atoms with E-state index in [1.807, 2.05) is 10.5 Å². The van der Waals surface area contributed by atoms with Crippen molar-refractivity contribution in [1.82, 2.24) is 19.4 Å². The van der Waals surface area contributed by atoms with Crippen LogP contribution in [0.25, 0.3) is 28.5 Å². The molecule has 1 aromatic carbocycles. The van der Waals surface area contributed by atoms with E-state index in [2.05, 4.69) is 20.3 Å². The summed E-state index contributed by atoms with van der Waals surface area (Å²) in [7, 11) is 0. The van der Waals surface area contributed by atoms with Gasteiger partial charge in [-0.05, 0) is 49.6 Å². The van der Waals surface area contributed by atoms with Crippen LogP contribution < -0.4 is 5.32 Å². The van der Waals surface area contributed by atoms with Crippen LogP contribution in [0.15, 0.2) is 53.4 Å². The van der Waals surface area contributed by atoms with Crippen LogP contribution in [0.1, 0.15) is 19.3 Å². The number of halogens is 1. The summed E-state index contributed by atoms with van der Waals surface area (Å²) in [6.45, 7) is 0. The molecule has 1 fully saturated rings. The van der Waals surface area contributed by atoms with Gasteiger partial charge in [0.2, 0.25) is 5.95 Å². The quantitative estimate of drug-likeness (QED) is 0.599. The van der Waals surface area contributed by atoms with Crippen molar-refractivity contribution in [2.75, 3.05) is 5.32 Å². The number of hydrogen-bond acceptors (Lipinski definition) is 5. The number of fused-ring (bicyclic) bond motifs is 1. The van der Waals surface area contributed by atoms with Crippen molar-refractivity contribution in [1.29, 1.82) is 0 Å². The van der Waals surface area contributed by atoms with Gasteiger partial charge in [-0.3, -0.25) is 4.40 Å². The molecule has 0 unspecified atom stereocenters. The summed E-state index contributed by atoms with van der Waals surface area (Å²) in [6.07, 6.45) is 8.64. The molecular formula is C19H16FN5O. The largest absolute Gasteiger partial charge is 0.432 e. The van der Waals surface area contributed by atoms with Gasteiger partial charge < -0.3 is 9.73 Å². The van der Waals surface area contributed by atoms with Gasteiger partial charge in [-0.25, -0.2) is 14.4 Å². The second-order valence-electron chi connectivity index (χ2n) is 6.41. The number of rotatable bonds is 4. The number of nitrogens with one attached hydrogen (secondary N) is 1. The first-order valence-electron chi connectivity index (χ1n) is 8.59. The fourth-order valence-corrected chi connectivity index (χ4v) is 3.13. The number of hydrogen-bond donors (Lipinski definition) is 1. The van der Waals surface area contributed by atoms with E-state index < -0.39 is 0 Å². The molecule has 0 aliphatic heterocycles. The Balaban J connectivity index is 1.63. The van der Waals surface area contributed by atoms with Gasteiger partial charge >= 0.3 is 5.84 Å². The van der Waals surface area contributed by atoms with Gasteiger partial charge in [0.1, 0.15) is 23.5 Å². The highest BCUT2D eigenvalue weighted by molar-refractivity contribution is 5.79. The van der Waals surface area contributed by atoms with Crippen LogP contribution in [0.2, 0.25) is 0 Å². The zero-order valence-electron chi connectivity index (χ0n) is 13.9. The molecule has 0 spiro atoms. The first-order valence-corrected chi connectivity index (χ1v) is 8.59. The van der Waals surface area contributed by atoms with Crippen molar-refractivity contribution in [2.24, 2.45) is 0 Å². The monoisotopic (exact) mass is 349 g/mol. The van der Waals surface area contributed by atoms with E-state index in [1.54, 1.807) is 30.8 Å². The van der Waals surface area contributed by atoms with E-state index >= 15 is 0 Å². The molecule has 0 saturated heterocycles. The molecule has 0 atom stereocenters. The highest BCUT2D eigenvalue weighted by Crippen LogP contribution is 2.32. The van der Waals surface area contributed by atoms with Gasteiger partial charge in [0.05, 0.1) is 5.69 Å². The van der Waals surface area contributed by atoms with Gasteiger partial charge in [-0.1, -0.05) is 0 Å². The summed E-state index contributed by atoms with van der Waals surface area (Å²) in [4.78, 5) is 13.6. The van der Waals surface area contributed by atoms with Crippen molar-refractivity contribution in [2.45, 2.75) is 25.3 Å². The standard InChI is InChI=1S/C19H16FN5O/c20-13-6-4-12(5-7-13)16-17(25-10-11-26-19(25)24-16)15-8-9-21-18(23-15)22-14-2-1-3-14/h4-11,14H,1-3H2,(H,21,22,23). The molecule has 0 amide bonds. The van der Waals surface area contributed by atoms with E-state index in [4.69, 9.17) is 4.42 Å². The third-order valence-corrected chi connectivity index (χ3v) is 4.72. The summed E-state index contributed by atoms with van der Waals surface area (Å²) < 4.78 is 20.6. The zero-order valence-corrected chi connectivity index (χ0v) is 13.9. The normalized spacial score (nSPS) is 14.5. The summed E-state index contributed by atoms with van der Waals surface area (Å²) in [6, 6.07) is 8.54. The van der Waals surface area contributed by atoms with Gasteiger partial charge in [0.15, 0.2) is 0 Å². The number of oxazole rings is 1. The Morgan fingerprint density at radius 1 is 1.12 bits per heavy atom. The Hall–Kier alpha value is -3.22. The second-order valence-corrected chi connectivity index (χ2v) is 6.41. The lowest BCUT2D eigenvalue weighted by molar-refractivity contribution is 0.443. The smallest absolute Gasteiger partial charge is 0.306 e. The van der Waals surface area contributed by atoms with Crippen LogP contribution in [0.4, 0.5) is 10.3 Å². The minimum Gasteiger partial charge on any atom is -0.432 e. The third-order valence-electron chi connectivity index (χ3n) is 4.72. The van der Waals surface area contributed by atoms with Gasteiger partial charge in [-0.2, -0.15) is 4.98 Å². The molecule has 1 aliphatic rings. The lowest BCUT2D eigenvalue weighted by Crippen LogP contribution is -2.28. The molecule has 6 nitrogen and oxygen atoms in total. The van der Waals surface area contributed by atoms with E-state index in [0.29, 0.717) is 23.5 Å². The molecule has 1 saturated carbocycles. The maximum Gasteiger partial charge on any atom is 0.306 e. The van der Waals surface area contributed by atoms with Crippen LogP contribution in [0.3, 0.4) is 0 Å². The molecule has 1 aliphatic carbocycles. The fourth-order valence-electron chi connectivity index (χ4n) is 3.13. The maximum absolute atomic E-state index is 13.3. The van der Waals surface area contributed by atoms with E-state index in [-0.39, 0.29) is 5.82 Å². The average molecular weight is 349 g/mol. The Morgan fingerprint density at radius 2 is 1.96 bits per heavy atom. The molecule has 3 heterocycles. The number of aromatic nitrogens is 4. The number of benzene rings is 1. The van der Waals surface area contributed by atoms with Crippen LogP contribution >= 0.6 is 0 Å². The van der Waals surface area contributed by atoms with Crippen molar-refractivity contribution < 1.29 is 8.81 Å².